The Bertz CT molecular complexity index is 1400. The summed E-state index contributed by atoms with van der Waals surface area (Å²) in [5.74, 6) is -1.26. The molecular formula is C29H29Cl2N3O3. The zero-order valence-corrected chi connectivity index (χ0v) is 22.2. The number of halogens is 2. The standard InChI is InChI=1S/C29H29Cl2N3O3/c1-3-4-23(18-5-7-20(8-6-18)29(37)32-14-13-25(35)36)26(19-9-11-21(30)12-10-19)28-24-16-22(31)15-17(2)27(24)33-34-28/h5-12,15-16,23,26H,3-4,13-14H2,1-2H3,(H,32,37)(H,33,34)(H,35,36). The molecule has 6 nitrogen and oxygen atoms in total. The van der Waals surface area contributed by atoms with E-state index in [9.17, 15) is 9.59 Å². The average Bonchev–Trinajstić information content (AvgIpc) is 3.28. The Balaban J connectivity index is 1.76. The first-order valence-corrected chi connectivity index (χ1v) is 13.0. The molecule has 1 heterocycles. The molecule has 3 N–H and O–H groups in total. The number of aliphatic carboxylic acids is 1. The highest BCUT2D eigenvalue weighted by molar-refractivity contribution is 6.31. The van der Waals surface area contributed by atoms with Crippen molar-refractivity contribution in [1.82, 2.24) is 15.5 Å². The molecule has 0 bridgehead atoms. The zero-order valence-electron chi connectivity index (χ0n) is 20.7. The fourth-order valence-corrected chi connectivity index (χ4v) is 5.26. The number of H-pyrrole nitrogens is 1. The molecule has 0 aliphatic heterocycles. The van der Waals surface area contributed by atoms with Crippen molar-refractivity contribution in [2.45, 2.75) is 44.9 Å². The molecule has 0 aliphatic rings. The van der Waals surface area contributed by atoms with Crippen LogP contribution < -0.4 is 5.32 Å². The molecule has 0 saturated heterocycles. The van der Waals surface area contributed by atoms with Gasteiger partial charge in [-0.2, -0.15) is 5.10 Å². The Kier molecular flexibility index (Phi) is 8.52. The van der Waals surface area contributed by atoms with E-state index in [2.05, 4.69) is 17.3 Å². The number of carboxylic acids is 1. The number of aromatic amines is 1. The Labute approximate surface area is 226 Å². The summed E-state index contributed by atoms with van der Waals surface area (Å²) in [5.41, 5.74) is 5.56. The first-order valence-electron chi connectivity index (χ1n) is 12.3. The fourth-order valence-electron chi connectivity index (χ4n) is 4.86. The first kappa shape index (κ1) is 26.7. The van der Waals surface area contributed by atoms with E-state index >= 15 is 0 Å². The highest BCUT2D eigenvalue weighted by Gasteiger charge is 2.30. The number of hydrogen-bond donors (Lipinski definition) is 3. The molecule has 4 aromatic rings. The van der Waals surface area contributed by atoms with Gasteiger partial charge in [0.2, 0.25) is 0 Å². The molecule has 2 atom stereocenters. The van der Waals surface area contributed by atoms with Crippen molar-refractivity contribution in [3.05, 3.63) is 98.7 Å². The van der Waals surface area contributed by atoms with Gasteiger partial charge in [-0.3, -0.25) is 14.7 Å². The van der Waals surface area contributed by atoms with Gasteiger partial charge in [-0.25, -0.2) is 0 Å². The van der Waals surface area contributed by atoms with Crippen LogP contribution in [-0.2, 0) is 4.79 Å². The predicted octanol–water partition coefficient (Wildman–Crippen LogP) is 7.10. The monoisotopic (exact) mass is 537 g/mol. The van der Waals surface area contributed by atoms with Crippen molar-refractivity contribution in [2.75, 3.05) is 6.54 Å². The summed E-state index contributed by atoms with van der Waals surface area (Å²) in [5, 5.41) is 21.8. The van der Waals surface area contributed by atoms with Crippen LogP contribution in [0.3, 0.4) is 0 Å². The molecule has 2 unspecified atom stereocenters. The number of carbonyl (C=O) groups excluding carboxylic acids is 1. The number of hydrogen-bond acceptors (Lipinski definition) is 3. The number of aromatic nitrogens is 2. The summed E-state index contributed by atoms with van der Waals surface area (Å²) in [4.78, 5) is 23.2. The van der Waals surface area contributed by atoms with Crippen molar-refractivity contribution in [2.24, 2.45) is 0 Å². The Hall–Kier alpha value is -3.35. The molecular weight excluding hydrogens is 509 g/mol. The Morgan fingerprint density at radius 3 is 2.32 bits per heavy atom. The summed E-state index contributed by atoms with van der Waals surface area (Å²) in [6.07, 6.45) is 1.73. The van der Waals surface area contributed by atoms with Crippen molar-refractivity contribution >= 4 is 46.0 Å². The van der Waals surface area contributed by atoms with Crippen LogP contribution in [0, 0.1) is 6.92 Å². The summed E-state index contributed by atoms with van der Waals surface area (Å²) in [6, 6.07) is 19.3. The van der Waals surface area contributed by atoms with Crippen LogP contribution in [0.25, 0.3) is 10.9 Å². The molecule has 192 valence electrons. The molecule has 0 fully saturated rings. The van der Waals surface area contributed by atoms with Crippen molar-refractivity contribution < 1.29 is 14.7 Å². The van der Waals surface area contributed by atoms with Gasteiger partial charge in [-0.05, 0) is 72.4 Å². The third-order valence-electron chi connectivity index (χ3n) is 6.62. The lowest BCUT2D eigenvalue weighted by molar-refractivity contribution is -0.136. The quantitative estimate of drug-likeness (QED) is 0.201. The van der Waals surface area contributed by atoms with Gasteiger partial charge in [0, 0.05) is 33.5 Å². The lowest BCUT2D eigenvalue weighted by Gasteiger charge is -2.27. The fraction of sp³-hybridized carbons (Fsp3) is 0.276. The van der Waals surface area contributed by atoms with E-state index in [1.54, 1.807) is 12.1 Å². The summed E-state index contributed by atoms with van der Waals surface area (Å²) < 4.78 is 0. The lowest BCUT2D eigenvalue weighted by Crippen LogP contribution is -2.26. The van der Waals surface area contributed by atoms with Crippen LogP contribution in [-0.4, -0.2) is 33.7 Å². The predicted molar refractivity (Wildman–Crippen MR) is 148 cm³/mol. The third-order valence-corrected chi connectivity index (χ3v) is 7.09. The molecule has 1 amide bonds. The second-order valence-corrected chi connectivity index (χ2v) is 10.1. The van der Waals surface area contributed by atoms with Crippen molar-refractivity contribution in [3.63, 3.8) is 0 Å². The van der Waals surface area contributed by atoms with Gasteiger partial charge in [0.15, 0.2) is 0 Å². The van der Waals surface area contributed by atoms with Gasteiger partial charge in [-0.15, -0.1) is 0 Å². The Morgan fingerprint density at radius 2 is 1.68 bits per heavy atom. The zero-order chi connectivity index (χ0) is 26.5. The van der Waals surface area contributed by atoms with E-state index in [0.717, 1.165) is 46.1 Å². The lowest BCUT2D eigenvalue weighted by atomic mass is 9.76. The topological polar surface area (TPSA) is 95.1 Å². The van der Waals surface area contributed by atoms with Crippen LogP contribution >= 0.6 is 23.2 Å². The van der Waals surface area contributed by atoms with Gasteiger partial charge >= 0.3 is 5.97 Å². The number of nitrogens with one attached hydrogen (secondary N) is 2. The van der Waals surface area contributed by atoms with Crippen LogP contribution in [0.4, 0.5) is 0 Å². The van der Waals surface area contributed by atoms with E-state index in [0.29, 0.717) is 15.6 Å². The molecule has 0 radical (unpaired) electrons. The maximum atomic E-state index is 12.5. The average molecular weight is 538 g/mol. The number of rotatable bonds is 10. The minimum atomic E-state index is -0.950. The highest BCUT2D eigenvalue weighted by atomic mass is 35.5. The Morgan fingerprint density at radius 1 is 1.00 bits per heavy atom. The van der Waals surface area contributed by atoms with Crippen molar-refractivity contribution in [3.8, 4) is 0 Å². The number of carboxylic acid groups (broad SMARTS) is 1. The number of nitrogens with zero attached hydrogens (tertiary/aromatic N) is 1. The van der Waals surface area contributed by atoms with Gasteiger partial charge in [-0.1, -0.05) is 60.8 Å². The minimum Gasteiger partial charge on any atom is -0.481 e. The third kappa shape index (κ3) is 6.14. The van der Waals surface area contributed by atoms with E-state index in [4.69, 9.17) is 33.4 Å². The normalized spacial score (nSPS) is 12.9. The summed E-state index contributed by atoms with van der Waals surface area (Å²) >= 11 is 12.7. The molecule has 1 aromatic heterocycles. The van der Waals surface area contributed by atoms with Gasteiger partial charge in [0.05, 0.1) is 17.6 Å². The molecule has 8 heteroatoms. The molecule has 0 aliphatic carbocycles. The summed E-state index contributed by atoms with van der Waals surface area (Å²) in [6.45, 7) is 4.25. The number of aryl methyl sites for hydroxylation is 1. The number of carbonyl (C=O) groups is 2. The highest BCUT2D eigenvalue weighted by Crippen LogP contribution is 2.43. The largest absolute Gasteiger partial charge is 0.481 e. The molecule has 0 spiro atoms. The van der Waals surface area contributed by atoms with Gasteiger partial charge in [0.1, 0.15) is 0 Å². The smallest absolute Gasteiger partial charge is 0.305 e. The van der Waals surface area contributed by atoms with E-state index in [1.165, 1.54) is 0 Å². The van der Waals surface area contributed by atoms with Crippen LogP contribution in [0.2, 0.25) is 10.0 Å². The van der Waals surface area contributed by atoms with E-state index < -0.39 is 5.97 Å². The molecule has 3 aromatic carbocycles. The maximum Gasteiger partial charge on any atom is 0.305 e. The number of fused-ring (bicyclic) bond motifs is 1. The molecule has 4 rings (SSSR count). The second-order valence-electron chi connectivity index (χ2n) is 9.20. The number of benzene rings is 3. The molecule has 0 saturated carbocycles. The molecule has 37 heavy (non-hydrogen) atoms. The van der Waals surface area contributed by atoms with Gasteiger partial charge in [0.25, 0.3) is 5.91 Å². The van der Waals surface area contributed by atoms with E-state index in [-0.39, 0.29) is 30.7 Å². The number of amides is 1. The van der Waals surface area contributed by atoms with Gasteiger partial charge < -0.3 is 10.4 Å². The van der Waals surface area contributed by atoms with Crippen LogP contribution in [0.15, 0.2) is 60.7 Å². The van der Waals surface area contributed by atoms with Crippen LogP contribution in [0.5, 0.6) is 0 Å². The van der Waals surface area contributed by atoms with E-state index in [1.807, 2.05) is 55.5 Å². The summed E-state index contributed by atoms with van der Waals surface area (Å²) in [7, 11) is 0. The van der Waals surface area contributed by atoms with Crippen LogP contribution in [0.1, 0.15) is 70.8 Å². The van der Waals surface area contributed by atoms with Crippen molar-refractivity contribution in [1.29, 1.82) is 0 Å². The minimum absolute atomic E-state index is 0.0704. The second kappa shape index (κ2) is 11.8. The SMILES string of the molecule is CCCC(c1ccc(C(=O)NCCC(=O)O)cc1)C(c1ccc(Cl)cc1)c1n[nH]c2c(C)cc(Cl)cc12. The first-order chi connectivity index (χ1) is 17.8. The maximum absolute atomic E-state index is 12.5.